The minimum Gasteiger partial charge on any atom is -0.506 e. The first-order chi connectivity index (χ1) is 10.4. The second-order valence-electron chi connectivity index (χ2n) is 5.18. The molecule has 2 aromatic carbocycles. The van der Waals surface area contributed by atoms with E-state index >= 15 is 0 Å². The van der Waals surface area contributed by atoms with Gasteiger partial charge in [-0.05, 0) is 55.7 Å². The highest BCUT2D eigenvalue weighted by Gasteiger charge is 2.16. The Morgan fingerprint density at radius 2 is 1.55 bits per heavy atom. The Morgan fingerprint density at radius 1 is 0.909 bits per heavy atom. The lowest BCUT2D eigenvalue weighted by atomic mass is 10.1. The van der Waals surface area contributed by atoms with Crippen LogP contribution in [0.2, 0.25) is 0 Å². The molecule has 114 valence electrons. The predicted molar refractivity (Wildman–Crippen MR) is 86.0 cm³/mol. The Bertz CT molecular complexity index is 725. The number of nitrogens with one attached hydrogen (secondary N) is 2. The van der Waals surface area contributed by atoms with Crippen LogP contribution in [0.1, 0.15) is 16.7 Å². The summed E-state index contributed by atoms with van der Waals surface area (Å²) in [4.78, 5) is 23.9. The van der Waals surface area contributed by atoms with Gasteiger partial charge in [-0.1, -0.05) is 18.2 Å². The Hall–Kier alpha value is -2.82. The van der Waals surface area contributed by atoms with Crippen molar-refractivity contribution in [2.45, 2.75) is 20.8 Å². The number of amides is 2. The Labute approximate surface area is 129 Å². The molecular formula is C17H18N2O3. The normalized spacial score (nSPS) is 10.1. The largest absolute Gasteiger partial charge is 0.506 e. The van der Waals surface area contributed by atoms with Gasteiger partial charge in [0.15, 0.2) is 0 Å². The van der Waals surface area contributed by atoms with Crippen molar-refractivity contribution in [1.29, 1.82) is 0 Å². The Kier molecular flexibility index (Phi) is 4.46. The maximum atomic E-state index is 12.0. The standard InChI is InChI=1S/C17H18N2O3/c1-10-7-8-15(20)14(9-10)19-17(22)16(21)18-13-6-4-5-11(2)12(13)3/h4-9,20H,1-3H3,(H,18,21)(H,19,22). The number of carbonyl (C=O) groups excluding carboxylic acids is 2. The number of phenols is 1. The first-order valence-corrected chi connectivity index (χ1v) is 6.86. The van der Waals surface area contributed by atoms with E-state index in [0.717, 1.165) is 16.7 Å². The highest BCUT2D eigenvalue weighted by atomic mass is 16.3. The van der Waals surface area contributed by atoms with Gasteiger partial charge in [-0.3, -0.25) is 9.59 Å². The van der Waals surface area contributed by atoms with Gasteiger partial charge in [-0.15, -0.1) is 0 Å². The number of hydrogen-bond acceptors (Lipinski definition) is 3. The van der Waals surface area contributed by atoms with Crippen LogP contribution in [-0.4, -0.2) is 16.9 Å². The van der Waals surface area contributed by atoms with Crippen molar-refractivity contribution in [2.24, 2.45) is 0 Å². The maximum Gasteiger partial charge on any atom is 0.314 e. The highest BCUT2D eigenvalue weighted by molar-refractivity contribution is 6.43. The SMILES string of the molecule is Cc1ccc(O)c(NC(=O)C(=O)Nc2cccc(C)c2C)c1. The third-order valence-corrected chi connectivity index (χ3v) is 3.46. The summed E-state index contributed by atoms with van der Waals surface area (Å²) in [5, 5.41) is 14.7. The molecule has 2 aromatic rings. The van der Waals surface area contributed by atoms with Crippen LogP contribution in [0.3, 0.4) is 0 Å². The van der Waals surface area contributed by atoms with E-state index in [9.17, 15) is 14.7 Å². The van der Waals surface area contributed by atoms with Gasteiger partial charge in [0.1, 0.15) is 5.75 Å². The number of phenolic OH excluding ortho intramolecular Hbond substituents is 1. The zero-order valence-electron chi connectivity index (χ0n) is 12.7. The van der Waals surface area contributed by atoms with Crippen molar-refractivity contribution >= 4 is 23.2 Å². The lowest BCUT2D eigenvalue weighted by molar-refractivity contribution is -0.133. The third kappa shape index (κ3) is 3.44. The molecule has 2 rings (SSSR count). The van der Waals surface area contributed by atoms with Crippen molar-refractivity contribution in [2.75, 3.05) is 10.6 Å². The fraction of sp³-hybridized carbons (Fsp3) is 0.176. The molecular weight excluding hydrogens is 280 g/mol. The van der Waals surface area contributed by atoms with E-state index in [1.54, 1.807) is 18.2 Å². The van der Waals surface area contributed by atoms with Crippen LogP contribution in [0.25, 0.3) is 0 Å². The van der Waals surface area contributed by atoms with Crippen LogP contribution >= 0.6 is 0 Å². The molecule has 0 saturated carbocycles. The molecule has 0 unspecified atom stereocenters. The van der Waals surface area contributed by atoms with Crippen molar-refractivity contribution in [3.63, 3.8) is 0 Å². The number of hydrogen-bond donors (Lipinski definition) is 3. The average Bonchev–Trinajstić information content (AvgIpc) is 2.47. The zero-order chi connectivity index (χ0) is 16.3. The smallest absolute Gasteiger partial charge is 0.314 e. The van der Waals surface area contributed by atoms with Gasteiger partial charge >= 0.3 is 11.8 Å². The maximum absolute atomic E-state index is 12.0. The zero-order valence-corrected chi connectivity index (χ0v) is 12.7. The van der Waals surface area contributed by atoms with Crippen molar-refractivity contribution < 1.29 is 14.7 Å². The second kappa shape index (κ2) is 6.30. The van der Waals surface area contributed by atoms with Gasteiger partial charge in [0.05, 0.1) is 5.69 Å². The molecule has 0 spiro atoms. The Morgan fingerprint density at radius 3 is 2.23 bits per heavy atom. The fourth-order valence-electron chi connectivity index (χ4n) is 1.99. The molecule has 0 radical (unpaired) electrons. The molecule has 2 amide bonds. The molecule has 3 N–H and O–H groups in total. The number of benzene rings is 2. The summed E-state index contributed by atoms with van der Waals surface area (Å²) < 4.78 is 0. The summed E-state index contributed by atoms with van der Waals surface area (Å²) in [6.07, 6.45) is 0. The average molecular weight is 298 g/mol. The Balaban J connectivity index is 2.11. The van der Waals surface area contributed by atoms with E-state index < -0.39 is 11.8 Å². The van der Waals surface area contributed by atoms with Crippen LogP contribution < -0.4 is 10.6 Å². The van der Waals surface area contributed by atoms with Gasteiger partial charge in [0.2, 0.25) is 0 Å². The van der Waals surface area contributed by atoms with Gasteiger partial charge < -0.3 is 15.7 Å². The quantitative estimate of drug-likeness (QED) is 0.589. The van der Waals surface area contributed by atoms with E-state index in [1.165, 1.54) is 6.07 Å². The van der Waals surface area contributed by atoms with Crippen molar-refractivity contribution in [3.8, 4) is 5.75 Å². The molecule has 0 aliphatic carbocycles. The fourth-order valence-corrected chi connectivity index (χ4v) is 1.99. The summed E-state index contributed by atoms with van der Waals surface area (Å²) in [5.74, 6) is -1.70. The molecule has 0 fully saturated rings. The summed E-state index contributed by atoms with van der Waals surface area (Å²) in [6, 6.07) is 10.2. The number of carbonyl (C=O) groups is 2. The third-order valence-electron chi connectivity index (χ3n) is 3.46. The van der Waals surface area contributed by atoms with Gasteiger partial charge in [0, 0.05) is 5.69 Å². The molecule has 0 atom stereocenters. The number of anilines is 2. The summed E-state index contributed by atoms with van der Waals surface area (Å²) in [5.41, 5.74) is 3.59. The molecule has 0 bridgehead atoms. The molecule has 5 heteroatoms. The molecule has 0 aliphatic heterocycles. The molecule has 0 aromatic heterocycles. The van der Waals surface area contributed by atoms with E-state index in [1.807, 2.05) is 32.9 Å². The van der Waals surface area contributed by atoms with Crippen LogP contribution in [0.4, 0.5) is 11.4 Å². The van der Waals surface area contributed by atoms with E-state index in [-0.39, 0.29) is 11.4 Å². The van der Waals surface area contributed by atoms with Gasteiger partial charge in [-0.2, -0.15) is 0 Å². The number of aromatic hydroxyl groups is 1. The van der Waals surface area contributed by atoms with Gasteiger partial charge in [0.25, 0.3) is 0 Å². The van der Waals surface area contributed by atoms with Crippen LogP contribution in [0, 0.1) is 20.8 Å². The minimum atomic E-state index is -0.832. The first-order valence-electron chi connectivity index (χ1n) is 6.86. The molecule has 0 aliphatic rings. The lowest BCUT2D eigenvalue weighted by Gasteiger charge is -2.11. The summed E-state index contributed by atoms with van der Waals surface area (Å²) in [7, 11) is 0. The first kappa shape index (κ1) is 15.6. The minimum absolute atomic E-state index is 0.0847. The molecule has 5 nitrogen and oxygen atoms in total. The topological polar surface area (TPSA) is 78.4 Å². The monoisotopic (exact) mass is 298 g/mol. The molecule has 22 heavy (non-hydrogen) atoms. The number of rotatable bonds is 2. The van der Waals surface area contributed by atoms with Crippen molar-refractivity contribution in [1.82, 2.24) is 0 Å². The van der Waals surface area contributed by atoms with Crippen LogP contribution in [0.5, 0.6) is 5.75 Å². The summed E-state index contributed by atoms with van der Waals surface area (Å²) >= 11 is 0. The van der Waals surface area contributed by atoms with Gasteiger partial charge in [-0.25, -0.2) is 0 Å². The lowest BCUT2D eigenvalue weighted by Crippen LogP contribution is -2.29. The second-order valence-corrected chi connectivity index (χ2v) is 5.18. The predicted octanol–water partition coefficient (Wildman–Crippen LogP) is 2.89. The number of aryl methyl sites for hydroxylation is 2. The van der Waals surface area contributed by atoms with Crippen LogP contribution in [-0.2, 0) is 9.59 Å². The molecule has 0 saturated heterocycles. The van der Waals surface area contributed by atoms with Crippen LogP contribution in [0.15, 0.2) is 36.4 Å². The van der Waals surface area contributed by atoms with E-state index in [0.29, 0.717) is 5.69 Å². The molecule has 0 heterocycles. The van der Waals surface area contributed by atoms with E-state index in [4.69, 9.17) is 0 Å². The summed E-state index contributed by atoms with van der Waals surface area (Å²) in [6.45, 7) is 5.62. The highest BCUT2D eigenvalue weighted by Crippen LogP contribution is 2.24. The van der Waals surface area contributed by atoms with Crippen molar-refractivity contribution in [3.05, 3.63) is 53.1 Å². The van der Waals surface area contributed by atoms with E-state index in [2.05, 4.69) is 10.6 Å².